The zero-order chi connectivity index (χ0) is 14.8. The molecule has 0 aliphatic heterocycles. The first-order valence-electron chi connectivity index (χ1n) is 6.55. The van der Waals surface area contributed by atoms with Crippen molar-refractivity contribution in [3.63, 3.8) is 0 Å². The molecule has 1 unspecified atom stereocenters. The van der Waals surface area contributed by atoms with Gasteiger partial charge in [-0.15, -0.1) is 0 Å². The highest BCUT2D eigenvalue weighted by atomic mass is 79.9. The lowest BCUT2D eigenvalue weighted by Gasteiger charge is -2.26. The number of hydrogen-bond acceptors (Lipinski definition) is 2. The van der Waals surface area contributed by atoms with Crippen molar-refractivity contribution in [2.75, 3.05) is 7.11 Å². The highest BCUT2D eigenvalue weighted by Gasteiger charge is 2.26. The van der Waals surface area contributed by atoms with Crippen LogP contribution in [0.1, 0.15) is 23.6 Å². The molecule has 1 N–H and O–H groups in total. The van der Waals surface area contributed by atoms with Crippen LogP contribution >= 0.6 is 15.9 Å². The number of aliphatic hydroxyl groups is 1. The molecule has 0 fully saturated rings. The van der Waals surface area contributed by atoms with E-state index in [1.165, 1.54) is 0 Å². The van der Waals surface area contributed by atoms with E-state index in [9.17, 15) is 5.11 Å². The summed E-state index contributed by atoms with van der Waals surface area (Å²) in [6, 6.07) is 13.8. The predicted molar refractivity (Wildman–Crippen MR) is 85.1 cm³/mol. The van der Waals surface area contributed by atoms with Gasteiger partial charge in [-0.1, -0.05) is 40.2 Å². The van der Waals surface area contributed by atoms with Crippen LogP contribution < -0.4 is 4.74 Å². The molecule has 0 saturated carbocycles. The molecule has 20 heavy (non-hydrogen) atoms. The van der Waals surface area contributed by atoms with Gasteiger partial charge in [0.05, 0.1) is 12.7 Å². The van der Waals surface area contributed by atoms with Crippen molar-refractivity contribution in [2.24, 2.45) is 0 Å². The number of ether oxygens (including phenoxy) is 1. The molecule has 0 heterocycles. The van der Waals surface area contributed by atoms with Crippen LogP contribution in [0.4, 0.5) is 0 Å². The second-order valence-corrected chi connectivity index (χ2v) is 6.14. The van der Waals surface area contributed by atoms with E-state index in [0.717, 1.165) is 26.9 Å². The lowest BCUT2D eigenvalue weighted by Crippen LogP contribution is -2.25. The molecular weight excluding hydrogens is 316 g/mol. The molecule has 106 valence electrons. The standard InChI is InChI=1S/C17H19BrO2/c1-12-6-4-5-7-15(12)17(2,19)11-13-10-14(18)8-9-16(13)20-3/h4-10,19H,11H2,1-3H3. The zero-order valence-electron chi connectivity index (χ0n) is 12.0. The minimum atomic E-state index is -0.931. The van der Waals surface area contributed by atoms with Crippen molar-refractivity contribution in [2.45, 2.75) is 25.9 Å². The van der Waals surface area contributed by atoms with Crippen LogP contribution in [0.25, 0.3) is 0 Å². The molecule has 3 heteroatoms. The third kappa shape index (κ3) is 3.22. The SMILES string of the molecule is COc1ccc(Br)cc1CC(C)(O)c1ccccc1C. The van der Waals surface area contributed by atoms with E-state index in [0.29, 0.717) is 6.42 Å². The smallest absolute Gasteiger partial charge is 0.122 e. The molecular formula is C17H19BrO2. The fourth-order valence-electron chi connectivity index (χ4n) is 2.53. The van der Waals surface area contributed by atoms with Gasteiger partial charge >= 0.3 is 0 Å². The molecule has 0 bridgehead atoms. The number of aryl methyl sites for hydroxylation is 1. The molecule has 0 spiro atoms. The summed E-state index contributed by atoms with van der Waals surface area (Å²) in [4.78, 5) is 0. The normalized spacial score (nSPS) is 13.8. The first-order chi connectivity index (χ1) is 9.44. The van der Waals surface area contributed by atoms with Gasteiger partial charge in [-0.05, 0) is 48.7 Å². The molecule has 0 aliphatic rings. The van der Waals surface area contributed by atoms with Crippen molar-refractivity contribution >= 4 is 15.9 Å². The molecule has 0 radical (unpaired) electrons. The Bertz CT molecular complexity index is 606. The molecule has 0 aromatic heterocycles. The first kappa shape index (κ1) is 15.1. The van der Waals surface area contributed by atoms with Crippen molar-refractivity contribution in [3.05, 3.63) is 63.6 Å². The van der Waals surface area contributed by atoms with Gasteiger partial charge in [-0.3, -0.25) is 0 Å². The Kier molecular flexibility index (Phi) is 4.51. The number of methoxy groups -OCH3 is 1. The highest BCUT2D eigenvalue weighted by molar-refractivity contribution is 9.10. The summed E-state index contributed by atoms with van der Waals surface area (Å²) >= 11 is 3.47. The topological polar surface area (TPSA) is 29.5 Å². The third-order valence-corrected chi connectivity index (χ3v) is 4.00. The number of hydrogen-bond donors (Lipinski definition) is 1. The Hall–Kier alpha value is -1.32. The Labute approximate surface area is 128 Å². The highest BCUT2D eigenvalue weighted by Crippen LogP contribution is 2.32. The van der Waals surface area contributed by atoms with Gasteiger partial charge in [0.1, 0.15) is 5.75 Å². The average molecular weight is 335 g/mol. The molecule has 0 aliphatic carbocycles. The van der Waals surface area contributed by atoms with E-state index < -0.39 is 5.60 Å². The Morgan fingerprint density at radius 3 is 2.55 bits per heavy atom. The van der Waals surface area contributed by atoms with Gasteiger partial charge in [-0.2, -0.15) is 0 Å². The zero-order valence-corrected chi connectivity index (χ0v) is 13.6. The minimum absolute atomic E-state index is 0.500. The monoisotopic (exact) mass is 334 g/mol. The maximum Gasteiger partial charge on any atom is 0.122 e. The van der Waals surface area contributed by atoms with Gasteiger partial charge in [0.25, 0.3) is 0 Å². The molecule has 2 nitrogen and oxygen atoms in total. The van der Waals surface area contributed by atoms with Crippen LogP contribution in [0.2, 0.25) is 0 Å². The Balaban J connectivity index is 2.38. The summed E-state index contributed by atoms with van der Waals surface area (Å²) in [5.41, 5.74) is 2.09. The predicted octanol–water partition coefficient (Wildman–Crippen LogP) is 4.22. The van der Waals surface area contributed by atoms with Gasteiger partial charge in [-0.25, -0.2) is 0 Å². The summed E-state index contributed by atoms with van der Waals surface area (Å²) in [6.45, 7) is 3.86. The molecule has 2 aromatic carbocycles. The van der Waals surface area contributed by atoms with Gasteiger partial charge in [0, 0.05) is 10.9 Å². The van der Waals surface area contributed by atoms with Crippen molar-refractivity contribution in [1.82, 2.24) is 0 Å². The van der Waals surface area contributed by atoms with Crippen molar-refractivity contribution in [1.29, 1.82) is 0 Å². The molecule has 2 aromatic rings. The summed E-state index contributed by atoms with van der Waals surface area (Å²) < 4.78 is 6.36. The third-order valence-electron chi connectivity index (χ3n) is 3.50. The van der Waals surface area contributed by atoms with E-state index >= 15 is 0 Å². The van der Waals surface area contributed by atoms with Crippen LogP contribution in [0, 0.1) is 6.92 Å². The van der Waals surface area contributed by atoms with Crippen LogP contribution in [-0.4, -0.2) is 12.2 Å². The van der Waals surface area contributed by atoms with E-state index in [-0.39, 0.29) is 0 Å². The van der Waals surface area contributed by atoms with Crippen molar-refractivity contribution in [3.8, 4) is 5.75 Å². The Morgan fingerprint density at radius 1 is 1.20 bits per heavy atom. The quantitative estimate of drug-likeness (QED) is 0.907. The summed E-state index contributed by atoms with van der Waals surface area (Å²) in [6.07, 6.45) is 0.500. The summed E-state index contributed by atoms with van der Waals surface area (Å²) in [7, 11) is 1.65. The lowest BCUT2D eigenvalue weighted by molar-refractivity contribution is 0.0563. The molecule has 0 amide bonds. The van der Waals surface area contributed by atoms with Crippen molar-refractivity contribution < 1.29 is 9.84 Å². The van der Waals surface area contributed by atoms with Crippen LogP contribution in [0.3, 0.4) is 0 Å². The maximum absolute atomic E-state index is 10.9. The van der Waals surface area contributed by atoms with E-state index in [1.807, 2.05) is 56.3 Å². The second kappa shape index (κ2) is 5.98. The Morgan fingerprint density at radius 2 is 1.90 bits per heavy atom. The maximum atomic E-state index is 10.9. The number of halogens is 1. The number of rotatable bonds is 4. The van der Waals surface area contributed by atoms with Gasteiger partial charge in [0.15, 0.2) is 0 Å². The van der Waals surface area contributed by atoms with Gasteiger partial charge < -0.3 is 9.84 Å². The largest absolute Gasteiger partial charge is 0.496 e. The van der Waals surface area contributed by atoms with E-state index in [1.54, 1.807) is 7.11 Å². The second-order valence-electron chi connectivity index (χ2n) is 5.22. The van der Waals surface area contributed by atoms with Crippen LogP contribution in [-0.2, 0) is 12.0 Å². The molecule has 2 rings (SSSR count). The molecule has 1 atom stereocenters. The van der Waals surface area contributed by atoms with E-state index in [4.69, 9.17) is 4.74 Å². The number of benzene rings is 2. The fourth-order valence-corrected chi connectivity index (χ4v) is 2.94. The first-order valence-corrected chi connectivity index (χ1v) is 7.34. The molecule has 0 saturated heterocycles. The average Bonchev–Trinajstić information content (AvgIpc) is 2.39. The van der Waals surface area contributed by atoms with E-state index in [2.05, 4.69) is 15.9 Å². The lowest BCUT2D eigenvalue weighted by atomic mass is 9.86. The van der Waals surface area contributed by atoms with Gasteiger partial charge in [0.2, 0.25) is 0 Å². The summed E-state index contributed by atoms with van der Waals surface area (Å²) in [5.74, 6) is 0.794. The van der Waals surface area contributed by atoms with Crippen LogP contribution in [0.5, 0.6) is 5.75 Å². The van der Waals surface area contributed by atoms with Crippen LogP contribution in [0.15, 0.2) is 46.9 Å². The fraction of sp³-hybridized carbons (Fsp3) is 0.294. The summed E-state index contributed by atoms with van der Waals surface area (Å²) in [5, 5.41) is 10.9. The minimum Gasteiger partial charge on any atom is -0.496 e.